The second-order valence-electron chi connectivity index (χ2n) is 1.17. The number of hydrogen-bond acceptors (Lipinski definition) is 3. The topological polar surface area (TPSA) is 46.2 Å². The minimum atomic E-state index is 0.0998. The Kier molecular flexibility index (Phi) is 3.64. The van der Waals surface area contributed by atoms with Gasteiger partial charge in [-0.25, -0.2) is 0 Å². The predicted octanol–water partition coefficient (Wildman–Crippen LogP) is 1.03. The highest BCUT2D eigenvalue weighted by molar-refractivity contribution is 8.23. The summed E-state index contributed by atoms with van der Waals surface area (Å²) in [4.78, 5) is 0. The Labute approximate surface area is 57.8 Å². The van der Waals surface area contributed by atoms with Crippen LogP contribution < -0.4 is 5.73 Å². The fourth-order valence-electron chi connectivity index (χ4n) is 0.154. The van der Waals surface area contributed by atoms with Gasteiger partial charge in [-0.3, -0.25) is 0 Å². The van der Waals surface area contributed by atoms with Crippen molar-refractivity contribution in [2.75, 3.05) is 5.75 Å². The minimum Gasteiger partial charge on any atom is -0.512 e. The molecule has 46 valence electrons. The summed E-state index contributed by atoms with van der Waals surface area (Å²) in [7, 11) is 0. The van der Waals surface area contributed by atoms with Crippen molar-refractivity contribution in [3.8, 4) is 0 Å². The molecule has 0 unspecified atom stereocenters. The third-order valence-corrected chi connectivity index (χ3v) is 1.50. The molecular weight excluding hydrogens is 142 g/mol. The second kappa shape index (κ2) is 3.74. The molecule has 0 saturated carbocycles. The summed E-state index contributed by atoms with van der Waals surface area (Å²) in [5, 5.41) is 8.47. The van der Waals surface area contributed by atoms with Crippen molar-refractivity contribution >= 4 is 28.3 Å². The lowest BCUT2D eigenvalue weighted by Crippen LogP contribution is -2.03. The Morgan fingerprint density at radius 1 is 1.88 bits per heavy atom. The van der Waals surface area contributed by atoms with Gasteiger partial charge < -0.3 is 10.8 Å². The number of nitrogens with two attached hydrogens (primary N) is 1. The van der Waals surface area contributed by atoms with E-state index in [9.17, 15) is 0 Å². The molecule has 0 atom stereocenters. The lowest BCUT2D eigenvalue weighted by atomic mass is 10.7. The quantitative estimate of drug-likeness (QED) is 0.455. The van der Waals surface area contributed by atoms with Crippen molar-refractivity contribution < 1.29 is 5.11 Å². The lowest BCUT2D eigenvalue weighted by Gasteiger charge is -1.93. The molecule has 0 saturated heterocycles. The Morgan fingerprint density at radius 2 is 2.38 bits per heavy atom. The number of hydrogen-bond donors (Lipinski definition) is 2. The SMILES string of the molecule is C=C(O)CSC(N)=S. The Balaban J connectivity index is 3.18. The zero-order valence-corrected chi connectivity index (χ0v) is 5.89. The molecule has 0 amide bonds. The van der Waals surface area contributed by atoms with Gasteiger partial charge >= 0.3 is 0 Å². The highest BCUT2D eigenvalue weighted by Crippen LogP contribution is 2.02. The van der Waals surface area contributed by atoms with E-state index >= 15 is 0 Å². The van der Waals surface area contributed by atoms with Crippen LogP contribution in [0.1, 0.15) is 0 Å². The van der Waals surface area contributed by atoms with E-state index in [0.29, 0.717) is 10.1 Å². The van der Waals surface area contributed by atoms with Crippen LogP contribution >= 0.6 is 24.0 Å². The molecule has 8 heavy (non-hydrogen) atoms. The van der Waals surface area contributed by atoms with Crippen molar-refractivity contribution in [3.05, 3.63) is 12.3 Å². The monoisotopic (exact) mass is 149 g/mol. The number of aliphatic hydroxyl groups excluding tert-OH is 1. The first-order chi connectivity index (χ1) is 3.63. The van der Waals surface area contributed by atoms with Gasteiger partial charge in [-0.05, 0) is 0 Å². The van der Waals surface area contributed by atoms with Crippen LogP contribution in [0.3, 0.4) is 0 Å². The van der Waals surface area contributed by atoms with Gasteiger partial charge in [0.2, 0.25) is 0 Å². The number of thiocarbonyl (C=S) groups is 1. The van der Waals surface area contributed by atoms with E-state index in [-0.39, 0.29) is 5.76 Å². The molecule has 4 heteroatoms. The number of thioether (sulfide) groups is 1. The van der Waals surface area contributed by atoms with Crippen LogP contribution in [0.4, 0.5) is 0 Å². The van der Waals surface area contributed by atoms with Gasteiger partial charge in [0.1, 0.15) is 4.32 Å². The van der Waals surface area contributed by atoms with E-state index in [1.165, 1.54) is 11.8 Å². The van der Waals surface area contributed by atoms with Crippen LogP contribution in [0.5, 0.6) is 0 Å². The summed E-state index contributed by atoms with van der Waals surface area (Å²) in [6, 6.07) is 0. The fraction of sp³-hybridized carbons (Fsp3) is 0.250. The molecule has 2 nitrogen and oxygen atoms in total. The summed E-state index contributed by atoms with van der Waals surface area (Å²) in [6.07, 6.45) is 0. The highest BCUT2D eigenvalue weighted by Gasteiger charge is 1.90. The molecule has 0 aliphatic carbocycles. The van der Waals surface area contributed by atoms with Gasteiger partial charge in [0.05, 0.1) is 11.5 Å². The molecule has 0 bridgehead atoms. The molecule has 0 heterocycles. The Morgan fingerprint density at radius 3 is 2.50 bits per heavy atom. The normalized spacial score (nSPS) is 8.50. The fourth-order valence-corrected chi connectivity index (χ4v) is 0.640. The molecular formula is C4H7NOS2. The van der Waals surface area contributed by atoms with Crippen LogP contribution in [-0.4, -0.2) is 15.2 Å². The molecule has 0 aliphatic rings. The molecule has 0 aromatic carbocycles. The molecule has 0 aliphatic heterocycles. The number of rotatable bonds is 2. The van der Waals surface area contributed by atoms with E-state index in [4.69, 9.17) is 10.8 Å². The zero-order valence-electron chi connectivity index (χ0n) is 4.26. The van der Waals surface area contributed by atoms with Crippen molar-refractivity contribution in [1.82, 2.24) is 0 Å². The van der Waals surface area contributed by atoms with Crippen molar-refractivity contribution in [2.24, 2.45) is 5.73 Å². The van der Waals surface area contributed by atoms with Gasteiger partial charge in [-0.2, -0.15) is 0 Å². The summed E-state index contributed by atoms with van der Waals surface area (Å²) < 4.78 is 0.334. The van der Waals surface area contributed by atoms with Crippen molar-refractivity contribution in [2.45, 2.75) is 0 Å². The van der Waals surface area contributed by atoms with Gasteiger partial charge in [0.15, 0.2) is 0 Å². The van der Waals surface area contributed by atoms with Gasteiger partial charge in [0, 0.05) is 0 Å². The van der Waals surface area contributed by atoms with E-state index in [1.807, 2.05) is 0 Å². The summed E-state index contributed by atoms with van der Waals surface area (Å²) in [6.45, 7) is 3.25. The van der Waals surface area contributed by atoms with Crippen LogP contribution in [0, 0.1) is 0 Å². The van der Waals surface area contributed by atoms with E-state index in [1.54, 1.807) is 0 Å². The average Bonchev–Trinajstić information content (AvgIpc) is 1.61. The third kappa shape index (κ3) is 5.78. The largest absolute Gasteiger partial charge is 0.512 e. The molecule has 3 N–H and O–H groups in total. The first kappa shape index (κ1) is 7.78. The van der Waals surface area contributed by atoms with Gasteiger partial charge in [-0.15, -0.1) is 0 Å². The summed E-state index contributed by atoms with van der Waals surface area (Å²) in [5.41, 5.74) is 5.08. The van der Waals surface area contributed by atoms with Gasteiger partial charge in [-0.1, -0.05) is 30.6 Å². The van der Waals surface area contributed by atoms with Crippen LogP contribution in [0.2, 0.25) is 0 Å². The third-order valence-electron chi connectivity index (χ3n) is 0.381. The zero-order chi connectivity index (χ0) is 6.57. The van der Waals surface area contributed by atoms with Gasteiger partial charge in [0.25, 0.3) is 0 Å². The van der Waals surface area contributed by atoms with E-state index < -0.39 is 0 Å². The molecule has 0 fully saturated rings. The Hall–Kier alpha value is -0.220. The maximum Gasteiger partial charge on any atom is 0.131 e. The van der Waals surface area contributed by atoms with Crippen LogP contribution in [-0.2, 0) is 0 Å². The minimum absolute atomic E-state index is 0.0998. The van der Waals surface area contributed by atoms with Crippen molar-refractivity contribution in [3.63, 3.8) is 0 Å². The molecule has 0 aromatic rings. The van der Waals surface area contributed by atoms with Crippen LogP contribution in [0.15, 0.2) is 12.3 Å². The standard InChI is InChI=1S/C4H7NOS2/c1-3(6)2-8-4(5)7/h6H,1-2H2,(H2,5,7). The Bertz CT molecular complexity index is 98.6. The molecule has 0 spiro atoms. The maximum absolute atomic E-state index is 8.47. The predicted molar refractivity (Wildman–Crippen MR) is 41.0 cm³/mol. The lowest BCUT2D eigenvalue weighted by molar-refractivity contribution is 0.420. The number of aliphatic hydroxyl groups is 1. The summed E-state index contributed by atoms with van der Waals surface area (Å²) >= 11 is 5.70. The van der Waals surface area contributed by atoms with E-state index in [2.05, 4.69) is 18.8 Å². The van der Waals surface area contributed by atoms with E-state index in [0.717, 1.165) is 0 Å². The molecule has 0 rings (SSSR count). The van der Waals surface area contributed by atoms with Crippen molar-refractivity contribution in [1.29, 1.82) is 0 Å². The van der Waals surface area contributed by atoms with Crippen LogP contribution in [0.25, 0.3) is 0 Å². The summed E-state index contributed by atoms with van der Waals surface area (Å²) in [5.74, 6) is 0.498. The molecule has 0 aromatic heterocycles. The molecule has 0 radical (unpaired) electrons. The smallest absolute Gasteiger partial charge is 0.131 e. The first-order valence-electron chi connectivity index (χ1n) is 1.92. The average molecular weight is 149 g/mol. The first-order valence-corrected chi connectivity index (χ1v) is 3.31. The highest BCUT2D eigenvalue weighted by atomic mass is 32.2. The maximum atomic E-state index is 8.47. The second-order valence-corrected chi connectivity index (χ2v) is 2.89.